The predicted molar refractivity (Wildman–Crippen MR) is 361 cm³/mol. The Hall–Kier alpha value is -5.36. The molecule has 2 rings (SSSR count). The summed E-state index contributed by atoms with van der Waals surface area (Å²) in [7, 11) is 0. The van der Waals surface area contributed by atoms with Crippen LogP contribution in [0.1, 0.15) is 155 Å². The van der Waals surface area contributed by atoms with Crippen LogP contribution in [0, 0.1) is 29.6 Å². The fourth-order valence-electron chi connectivity index (χ4n) is 6.83. The standard InChI is InChI=1S/C19H28N2O4S.C16H28N2O4S.C15H28N2O4S.C13H22N2O4S/c1-12(2)17(20)19(24)26-11-15(18(23)25-13(3)4)21-16(22)10-14-8-6-5-7-9-14;1-4-13(19)18-12(9-23-16(21)14(17)10(2)3)15(20)22-11-7-5-6-8-11;1-8(2)12(16)15(20)22-7-11(14(19)21-10(5)6)17-13(18)9(3)4;1-6-19-11(16)10(15-8(4)5)13(18)20-12(17)9(14)7(2)3/h5-9,12-13,15,17H,10-11,20H2,1-4H3,(H,21,22);10-12,14H,4-9,17H2,1-3H3,(H,18,19);8-12H,7,16H2,1-6H3,(H,17,18);7,9-10,15H,4,6,14H2,1-3,5H3/t15-,17-;12-,14-;11-,12-;/m000./s1. The molecule has 1 aliphatic rings. The number of carbonyl (C=O) groups is 12. The Morgan fingerprint density at radius 3 is 1.26 bits per heavy atom. The Kier molecular flexibility index (Phi) is 45.8. The molecule has 0 aromatic heterocycles. The molecule has 1 fully saturated rings. The Balaban J connectivity index is 0. The lowest BCUT2D eigenvalue weighted by Gasteiger charge is -2.20. The van der Waals surface area contributed by atoms with Gasteiger partial charge in [-0.15, -0.1) is 0 Å². The molecule has 0 bridgehead atoms. The number of hydrogen-bond acceptors (Lipinski definition) is 25. The van der Waals surface area contributed by atoms with E-state index in [9.17, 15) is 57.5 Å². The molecule has 28 heteroatoms. The monoisotopic (exact) mass is 1360 g/mol. The molecule has 24 nitrogen and oxygen atoms in total. The van der Waals surface area contributed by atoms with Crippen LogP contribution in [0.3, 0.4) is 0 Å². The third-order valence-electron chi connectivity index (χ3n) is 12.7. The largest absolute Gasteiger partial charge is 0.464 e. The van der Waals surface area contributed by atoms with Gasteiger partial charge in [-0.05, 0) is 108 Å². The van der Waals surface area contributed by atoms with Crippen LogP contribution in [0.5, 0.6) is 0 Å². The van der Waals surface area contributed by atoms with Gasteiger partial charge in [0.15, 0.2) is 6.04 Å². The summed E-state index contributed by atoms with van der Waals surface area (Å²) < 4.78 is 20.6. The third kappa shape index (κ3) is 39.1. The number of allylic oxidation sites excluding steroid dienone is 1. The first kappa shape index (κ1) is 87.7. The van der Waals surface area contributed by atoms with E-state index in [1.807, 2.05) is 71.9 Å². The number of amides is 3. The number of esters is 4. The highest BCUT2D eigenvalue weighted by Crippen LogP contribution is 2.23. The van der Waals surface area contributed by atoms with Gasteiger partial charge in [-0.25, -0.2) is 19.2 Å². The van der Waals surface area contributed by atoms with E-state index in [4.69, 9.17) is 41.9 Å². The second-order valence-electron chi connectivity index (χ2n) is 23.6. The maximum absolute atomic E-state index is 12.3. The van der Waals surface area contributed by atoms with Crippen LogP contribution in [0.4, 0.5) is 0 Å². The van der Waals surface area contributed by atoms with Crippen molar-refractivity contribution in [3.63, 3.8) is 0 Å². The number of thioether (sulfide) groups is 4. The molecule has 12 N–H and O–H groups in total. The molecular weight excluding hydrogens is 1250 g/mol. The van der Waals surface area contributed by atoms with E-state index in [2.05, 4.69) is 27.8 Å². The molecule has 0 radical (unpaired) electrons. The fraction of sp³-hybridized carbons (Fsp3) is 0.683. The average molecular weight is 1360 g/mol. The molecule has 1 aromatic carbocycles. The zero-order valence-electron chi connectivity index (χ0n) is 56.4. The van der Waals surface area contributed by atoms with Crippen LogP contribution in [0.15, 0.2) is 42.6 Å². The summed E-state index contributed by atoms with van der Waals surface area (Å²) in [5.74, 6) is -3.02. The lowest BCUT2D eigenvalue weighted by Crippen LogP contribution is -2.46. The van der Waals surface area contributed by atoms with Crippen molar-refractivity contribution in [2.75, 3.05) is 23.9 Å². The fourth-order valence-corrected chi connectivity index (χ4v) is 10.8. The van der Waals surface area contributed by atoms with Crippen LogP contribution < -0.4 is 44.2 Å². The summed E-state index contributed by atoms with van der Waals surface area (Å²) in [6.45, 7) is 33.8. The van der Waals surface area contributed by atoms with E-state index in [-0.39, 0.29) is 118 Å². The molecule has 1 saturated carbocycles. The zero-order chi connectivity index (χ0) is 70.4. The van der Waals surface area contributed by atoms with E-state index >= 15 is 0 Å². The number of rotatable bonds is 32. The normalized spacial score (nSPS) is 14.7. The quantitative estimate of drug-likeness (QED) is 0.0245. The molecular formula is C63H106N8O16S4. The second-order valence-corrected chi connectivity index (χ2v) is 27.7. The molecule has 3 amide bonds. The van der Waals surface area contributed by atoms with E-state index < -0.39 is 82.4 Å². The zero-order valence-corrected chi connectivity index (χ0v) is 59.6. The van der Waals surface area contributed by atoms with Gasteiger partial charge in [0, 0.05) is 35.3 Å². The minimum Gasteiger partial charge on any atom is -0.464 e. The summed E-state index contributed by atoms with van der Waals surface area (Å²) >= 11 is 3.31. The summed E-state index contributed by atoms with van der Waals surface area (Å²) in [5.41, 5.74) is 24.4. The van der Waals surface area contributed by atoms with E-state index in [0.717, 1.165) is 66.5 Å². The van der Waals surface area contributed by atoms with Crippen LogP contribution in [-0.4, -0.2) is 158 Å². The Bertz CT molecular complexity index is 2480. The van der Waals surface area contributed by atoms with Crippen molar-refractivity contribution in [2.24, 2.45) is 52.5 Å². The summed E-state index contributed by atoms with van der Waals surface area (Å²) in [4.78, 5) is 144. The van der Waals surface area contributed by atoms with Crippen LogP contribution in [-0.2, 0) is 82.9 Å². The smallest absolute Gasteiger partial charge is 0.337 e. The molecule has 1 aliphatic carbocycles. The lowest BCUT2D eigenvalue weighted by molar-refractivity contribution is -0.152. The first-order chi connectivity index (χ1) is 42.3. The number of ether oxygens (including phenoxy) is 4. The van der Waals surface area contributed by atoms with Crippen molar-refractivity contribution >= 4 is 114 Å². The van der Waals surface area contributed by atoms with Crippen molar-refractivity contribution in [1.29, 1.82) is 0 Å². The molecule has 0 aliphatic heterocycles. The summed E-state index contributed by atoms with van der Waals surface area (Å²) in [5, 5.41) is 8.83. The van der Waals surface area contributed by atoms with Gasteiger partial charge in [0.05, 0.1) is 49.4 Å². The molecule has 8 atom stereocenters. The minimum absolute atomic E-state index is 0.00346. The number of benzene rings is 1. The first-order valence-corrected chi connectivity index (χ1v) is 34.5. The second kappa shape index (κ2) is 47.5. The summed E-state index contributed by atoms with van der Waals surface area (Å²) in [6, 6.07) is 2.87. The van der Waals surface area contributed by atoms with Gasteiger partial charge in [-0.3, -0.25) is 38.4 Å². The van der Waals surface area contributed by atoms with Gasteiger partial charge in [0.1, 0.15) is 24.2 Å². The highest BCUT2D eigenvalue weighted by molar-refractivity contribution is 8.26. The van der Waals surface area contributed by atoms with Crippen molar-refractivity contribution in [2.45, 2.75) is 223 Å². The maximum Gasteiger partial charge on any atom is 0.337 e. The number of nitrogens with two attached hydrogens (primary N) is 4. The third-order valence-corrected chi connectivity index (χ3v) is 16.8. The number of hydrogen-bond donors (Lipinski definition) is 8. The van der Waals surface area contributed by atoms with Gasteiger partial charge >= 0.3 is 23.9 Å². The molecule has 91 heavy (non-hydrogen) atoms. The number of carbonyl (C=O) groups excluding carboxylic acids is 12. The van der Waals surface area contributed by atoms with Gasteiger partial charge in [-0.2, -0.15) is 0 Å². The van der Waals surface area contributed by atoms with Crippen molar-refractivity contribution in [1.82, 2.24) is 21.3 Å². The highest BCUT2D eigenvalue weighted by atomic mass is 32.2. The van der Waals surface area contributed by atoms with Gasteiger partial charge < -0.3 is 63.1 Å². The average Bonchev–Trinajstić information content (AvgIpc) is 2.40. The lowest BCUT2D eigenvalue weighted by atomic mass is 10.1. The molecule has 1 aromatic rings. The van der Waals surface area contributed by atoms with E-state index in [0.29, 0.717) is 17.5 Å². The molecule has 0 spiro atoms. The van der Waals surface area contributed by atoms with Gasteiger partial charge in [0.2, 0.25) is 43.3 Å². The van der Waals surface area contributed by atoms with Crippen molar-refractivity contribution < 1.29 is 76.5 Å². The molecule has 0 saturated heterocycles. The topological polar surface area (TPSA) is 394 Å². The Morgan fingerprint density at radius 1 is 0.516 bits per heavy atom. The minimum atomic E-state index is -1.25. The molecule has 2 unspecified atom stereocenters. The Labute approximate surface area is 556 Å². The van der Waals surface area contributed by atoms with Crippen molar-refractivity contribution in [3.8, 4) is 0 Å². The van der Waals surface area contributed by atoms with E-state index in [1.54, 1.807) is 76.2 Å². The van der Waals surface area contributed by atoms with Crippen LogP contribution >= 0.6 is 47.0 Å². The highest BCUT2D eigenvalue weighted by Gasteiger charge is 2.34. The van der Waals surface area contributed by atoms with Crippen molar-refractivity contribution in [3.05, 3.63) is 48.2 Å². The van der Waals surface area contributed by atoms with Crippen LogP contribution in [0.25, 0.3) is 0 Å². The van der Waals surface area contributed by atoms with E-state index in [1.165, 1.54) is 0 Å². The SMILES string of the molecule is C=C(C)NC(C(=O)OCC)C(=O)SC(=O)C(N)C(C)C.CC(C)OC(=O)[C@H](CSC(=O)[C@@H](N)C(C)C)NC(=O)C(C)C.CC(C)OC(=O)[C@H](CSC(=O)[C@@H](N)C(C)C)NC(=O)Cc1ccccc1.CCC(=O)N[C@@H](CSC(=O)[C@@H](N)C(C)C)C(=O)OC1CCCC1. The maximum atomic E-state index is 12.3. The van der Waals surface area contributed by atoms with Gasteiger partial charge in [0.25, 0.3) is 0 Å². The van der Waals surface area contributed by atoms with Gasteiger partial charge in [-0.1, -0.05) is 148 Å². The molecule has 518 valence electrons. The first-order valence-electron chi connectivity index (χ1n) is 30.7. The van der Waals surface area contributed by atoms with Crippen LogP contribution in [0.2, 0.25) is 0 Å². The summed E-state index contributed by atoms with van der Waals surface area (Å²) in [6.07, 6.45) is 3.60. The Morgan fingerprint density at radius 2 is 0.901 bits per heavy atom. The number of nitrogens with one attached hydrogen (secondary N) is 4. The molecule has 0 heterocycles. The predicted octanol–water partition coefficient (Wildman–Crippen LogP) is 5.65.